The van der Waals surface area contributed by atoms with Gasteiger partial charge in [-0.2, -0.15) is 4.39 Å². The zero-order chi connectivity index (χ0) is 10.9. The Bertz CT molecular complexity index is 380. The third-order valence-corrected chi connectivity index (χ3v) is 1.75. The minimum absolute atomic E-state index is 0.0758. The van der Waals surface area contributed by atoms with E-state index < -0.39 is 28.3 Å². The van der Waals surface area contributed by atoms with E-state index in [1.165, 1.54) is 6.92 Å². The number of hydrogen-bond donors (Lipinski definition) is 1. The Hall–Kier alpha value is -1.56. The second-order valence-electron chi connectivity index (χ2n) is 2.87. The van der Waals surface area contributed by atoms with Crippen molar-refractivity contribution in [1.82, 2.24) is 0 Å². The molecule has 0 saturated carbocycles. The van der Waals surface area contributed by atoms with Crippen LogP contribution in [0.2, 0.25) is 0 Å². The predicted molar refractivity (Wildman–Crippen MR) is 45.6 cm³/mol. The Labute approximate surface area is 78.5 Å². The van der Waals surface area contributed by atoms with E-state index in [0.29, 0.717) is 6.07 Å². The summed E-state index contributed by atoms with van der Waals surface area (Å²) in [5, 5.41) is 10.2. The van der Waals surface area contributed by atoms with Crippen molar-refractivity contribution in [3.8, 4) is 0 Å². The molecule has 0 aliphatic carbocycles. The van der Waals surface area contributed by atoms with Gasteiger partial charge in [-0.25, -0.2) is 4.39 Å². The zero-order valence-corrected chi connectivity index (χ0v) is 7.33. The highest BCUT2D eigenvalue weighted by Gasteiger charge is 2.19. The molecule has 1 aromatic carbocycles. The Morgan fingerprint density at radius 3 is 2.43 bits per heavy atom. The first-order chi connectivity index (χ1) is 6.43. The number of hydrogen-bond acceptors (Lipinski definition) is 3. The fourth-order valence-electron chi connectivity index (χ4n) is 1.04. The molecule has 0 bridgehead atoms. The maximum absolute atomic E-state index is 13.1. The average molecular weight is 202 g/mol. The van der Waals surface area contributed by atoms with Crippen molar-refractivity contribution in [2.24, 2.45) is 5.73 Å². The summed E-state index contributed by atoms with van der Waals surface area (Å²) in [6.07, 6.45) is 0. The smallest absolute Gasteiger partial charge is 0.307 e. The molecule has 0 aliphatic rings. The van der Waals surface area contributed by atoms with Crippen molar-refractivity contribution < 1.29 is 13.7 Å². The van der Waals surface area contributed by atoms with E-state index in [0.717, 1.165) is 6.07 Å². The van der Waals surface area contributed by atoms with Crippen molar-refractivity contribution in [2.45, 2.75) is 13.0 Å². The van der Waals surface area contributed by atoms with Crippen LogP contribution in [-0.4, -0.2) is 4.92 Å². The molecule has 0 fully saturated rings. The van der Waals surface area contributed by atoms with E-state index in [2.05, 4.69) is 0 Å². The van der Waals surface area contributed by atoms with Crippen LogP contribution < -0.4 is 5.73 Å². The molecule has 0 amide bonds. The van der Waals surface area contributed by atoms with Crippen molar-refractivity contribution in [3.05, 3.63) is 39.4 Å². The van der Waals surface area contributed by atoms with Gasteiger partial charge in [-0.15, -0.1) is 0 Å². The van der Waals surface area contributed by atoms with Crippen LogP contribution in [0.4, 0.5) is 14.5 Å². The van der Waals surface area contributed by atoms with Gasteiger partial charge in [-0.3, -0.25) is 10.1 Å². The van der Waals surface area contributed by atoms with Crippen molar-refractivity contribution in [2.75, 3.05) is 0 Å². The lowest BCUT2D eigenvalue weighted by Crippen LogP contribution is -2.09. The summed E-state index contributed by atoms with van der Waals surface area (Å²) in [5.74, 6) is -1.95. The highest BCUT2D eigenvalue weighted by atomic mass is 19.1. The molecule has 0 aliphatic heterocycles. The van der Waals surface area contributed by atoms with Crippen LogP contribution in [0.1, 0.15) is 18.5 Å². The molecule has 1 atom stereocenters. The van der Waals surface area contributed by atoms with Gasteiger partial charge < -0.3 is 5.73 Å². The molecule has 76 valence electrons. The molecular weight excluding hydrogens is 194 g/mol. The summed E-state index contributed by atoms with van der Waals surface area (Å²) in [6.45, 7) is 1.46. The van der Waals surface area contributed by atoms with E-state index in [1.54, 1.807) is 0 Å². The Balaban J connectivity index is 3.31. The number of nitrogens with zero attached hydrogens (tertiary/aromatic N) is 1. The first-order valence-electron chi connectivity index (χ1n) is 3.82. The highest BCUT2D eigenvalue weighted by molar-refractivity contribution is 5.37. The predicted octanol–water partition coefficient (Wildman–Crippen LogP) is 1.89. The van der Waals surface area contributed by atoms with E-state index >= 15 is 0 Å². The average Bonchev–Trinajstić information content (AvgIpc) is 2.07. The number of nitro groups is 1. The molecule has 4 nitrogen and oxygen atoms in total. The summed E-state index contributed by atoms with van der Waals surface area (Å²) < 4.78 is 26.1. The molecule has 0 radical (unpaired) electrons. The highest BCUT2D eigenvalue weighted by Crippen LogP contribution is 2.24. The molecule has 0 spiro atoms. The van der Waals surface area contributed by atoms with Gasteiger partial charge in [-0.1, -0.05) is 0 Å². The molecule has 0 aromatic heterocycles. The van der Waals surface area contributed by atoms with Crippen LogP contribution in [0.25, 0.3) is 0 Å². The van der Waals surface area contributed by atoms with Crippen molar-refractivity contribution >= 4 is 5.69 Å². The van der Waals surface area contributed by atoms with E-state index in [1.807, 2.05) is 0 Å². The van der Waals surface area contributed by atoms with Crippen LogP contribution in [0, 0.1) is 21.7 Å². The lowest BCUT2D eigenvalue weighted by atomic mass is 10.1. The van der Waals surface area contributed by atoms with Crippen LogP contribution in [-0.2, 0) is 0 Å². The zero-order valence-electron chi connectivity index (χ0n) is 7.33. The van der Waals surface area contributed by atoms with Crippen LogP contribution in [0.5, 0.6) is 0 Å². The first-order valence-corrected chi connectivity index (χ1v) is 3.82. The summed E-state index contributed by atoms with van der Waals surface area (Å²) in [7, 11) is 0. The van der Waals surface area contributed by atoms with Crippen LogP contribution >= 0.6 is 0 Å². The lowest BCUT2D eigenvalue weighted by Gasteiger charge is -2.06. The number of rotatable bonds is 2. The summed E-state index contributed by atoms with van der Waals surface area (Å²) >= 11 is 0. The van der Waals surface area contributed by atoms with Gasteiger partial charge in [0.1, 0.15) is 5.82 Å². The molecule has 1 rings (SSSR count). The van der Waals surface area contributed by atoms with Gasteiger partial charge in [0.2, 0.25) is 5.82 Å². The largest absolute Gasteiger partial charge is 0.324 e. The molecule has 6 heteroatoms. The standard InChI is InChI=1S/C8H8F2N2O2/c1-4(11)5-2-7(10)8(12(13)14)3-6(5)9/h2-4H,11H2,1H3. The van der Waals surface area contributed by atoms with Gasteiger partial charge in [0.05, 0.1) is 11.0 Å². The van der Waals surface area contributed by atoms with Gasteiger partial charge in [-0.05, 0) is 13.0 Å². The molecule has 14 heavy (non-hydrogen) atoms. The number of nitro benzene ring substituents is 1. The normalized spacial score (nSPS) is 12.6. The Kier molecular flexibility index (Phi) is 2.76. The summed E-state index contributed by atoms with van der Waals surface area (Å²) in [5.41, 5.74) is 4.37. The molecule has 0 saturated heterocycles. The molecule has 1 aromatic rings. The van der Waals surface area contributed by atoms with Crippen molar-refractivity contribution in [1.29, 1.82) is 0 Å². The maximum Gasteiger partial charge on any atom is 0.307 e. The lowest BCUT2D eigenvalue weighted by molar-refractivity contribution is -0.387. The fourth-order valence-corrected chi connectivity index (χ4v) is 1.04. The SMILES string of the molecule is CC(N)c1cc(F)c([N+](=O)[O-])cc1F. The number of benzene rings is 1. The first kappa shape index (κ1) is 10.5. The summed E-state index contributed by atoms with van der Waals surface area (Å²) in [6, 6.07) is 0.580. The quantitative estimate of drug-likeness (QED) is 0.588. The van der Waals surface area contributed by atoms with E-state index in [4.69, 9.17) is 5.73 Å². The third kappa shape index (κ3) is 1.85. The van der Waals surface area contributed by atoms with Gasteiger partial charge in [0, 0.05) is 11.6 Å². The maximum atomic E-state index is 13.1. The Morgan fingerprint density at radius 1 is 1.43 bits per heavy atom. The van der Waals surface area contributed by atoms with Gasteiger partial charge in [0.25, 0.3) is 0 Å². The summed E-state index contributed by atoms with van der Waals surface area (Å²) in [4.78, 5) is 9.24. The van der Waals surface area contributed by atoms with Crippen LogP contribution in [0.3, 0.4) is 0 Å². The van der Waals surface area contributed by atoms with E-state index in [-0.39, 0.29) is 5.56 Å². The number of halogens is 2. The number of nitrogens with two attached hydrogens (primary N) is 1. The van der Waals surface area contributed by atoms with Gasteiger partial charge in [0.15, 0.2) is 0 Å². The molecule has 2 N–H and O–H groups in total. The molecular formula is C8H8F2N2O2. The van der Waals surface area contributed by atoms with Gasteiger partial charge >= 0.3 is 5.69 Å². The fraction of sp³-hybridized carbons (Fsp3) is 0.250. The second-order valence-corrected chi connectivity index (χ2v) is 2.87. The molecule has 0 heterocycles. The third-order valence-electron chi connectivity index (χ3n) is 1.75. The minimum atomic E-state index is -1.08. The topological polar surface area (TPSA) is 69.2 Å². The second kappa shape index (κ2) is 3.67. The van der Waals surface area contributed by atoms with Crippen LogP contribution in [0.15, 0.2) is 12.1 Å². The van der Waals surface area contributed by atoms with E-state index in [9.17, 15) is 18.9 Å². The Morgan fingerprint density at radius 2 is 2.00 bits per heavy atom. The monoisotopic (exact) mass is 202 g/mol. The minimum Gasteiger partial charge on any atom is -0.324 e. The molecule has 1 unspecified atom stereocenters. The van der Waals surface area contributed by atoms with Crippen molar-refractivity contribution in [3.63, 3.8) is 0 Å².